The largest absolute Gasteiger partial charge is 0.338 e. The fraction of sp³-hybridized carbons (Fsp3) is 0.500. The van der Waals surface area contributed by atoms with Crippen LogP contribution in [0.1, 0.15) is 36.7 Å². The van der Waals surface area contributed by atoms with Gasteiger partial charge in [0.1, 0.15) is 11.6 Å². The van der Waals surface area contributed by atoms with Crippen molar-refractivity contribution in [2.24, 2.45) is 7.05 Å². The van der Waals surface area contributed by atoms with Crippen molar-refractivity contribution in [1.82, 2.24) is 19.7 Å². The highest BCUT2D eigenvalue weighted by molar-refractivity contribution is 7.99. The summed E-state index contributed by atoms with van der Waals surface area (Å²) >= 11 is 1.27. The number of rotatable bonds is 6. The number of aromatic nitrogens is 3. The molecule has 10 heteroatoms. The van der Waals surface area contributed by atoms with Gasteiger partial charge in [0.05, 0.1) is 23.3 Å². The summed E-state index contributed by atoms with van der Waals surface area (Å²) in [5.74, 6) is 0.552. The molecule has 1 aliphatic rings. The maximum atomic E-state index is 13.1. The molecule has 1 fully saturated rings. The second kappa shape index (κ2) is 8.20. The van der Waals surface area contributed by atoms with Crippen molar-refractivity contribution < 1.29 is 17.6 Å². The van der Waals surface area contributed by atoms with Gasteiger partial charge in [-0.15, -0.1) is 10.2 Å². The van der Waals surface area contributed by atoms with Crippen molar-refractivity contribution in [2.75, 3.05) is 24.3 Å². The molecule has 7 nitrogen and oxygen atoms in total. The Labute approximate surface area is 168 Å². The van der Waals surface area contributed by atoms with Crippen molar-refractivity contribution >= 4 is 27.5 Å². The molecule has 0 spiro atoms. The Bertz CT molecular complexity index is 960. The normalized spacial score (nSPS) is 19.5. The van der Waals surface area contributed by atoms with Crippen molar-refractivity contribution in [3.8, 4) is 0 Å². The van der Waals surface area contributed by atoms with Crippen LogP contribution < -0.4 is 0 Å². The van der Waals surface area contributed by atoms with Gasteiger partial charge < -0.3 is 9.47 Å². The quantitative estimate of drug-likeness (QED) is 0.658. The van der Waals surface area contributed by atoms with Crippen LogP contribution in [0, 0.1) is 5.82 Å². The Balaban J connectivity index is 1.61. The van der Waals surface area contributed by atoms with Gasteiger partial charge in [0.25, 0.3) is 0 Å². The summed E-state index contributed by atoms with van der Waals surface area (Å²) < 4.78 is 38.2. The number of carbonyl (C=O) groups is 1. The molecule has 1 aromatic carbocycles. The zero-order valence-electron chi connectivity index (χ0n) is 16.0. The summed E-state index contributed by atoms with van der Waals surface area (Å²) in [7, 11) is 0.501. The van der Waals surface area contributed by atoms with Gasteiger partial charge in [0.15, 0.2) is 15.0 Å². The van der Waals surface area contributed by atoms with Crippen LogP contribution in [0.2, 0.25) is 0 Å². The molecule has 2 atom stereocenters. The van der Waals surface area contributed by atoms with E-state index in [1.165, 1.54) is 23.9 Å². The Hall–Kier alpha value is -1.94. The van der Waals surface area contributed by atoms with E-state index in [0.717, 1.165) is 5.56 Å². The van der Waals surface area contributed by atoms with Crippen molar-refractivity contribution in [2.45, 2.75) is 30.5 Å². The van der Waals surface area contributed by atoms with Gasteiger partial charge in [0, 0.05) is 20.0 Å². The highest BCUT2D eigenvalue weighted by Gasteiger charge is 2.32. The van der Waals surface area contributed by atoms with Crippen molar-refractivity contribution in [3.05, 3.63) is 41.5 Å². The molecule has 3 rings (SSSR count). The lowest BCUT2D eigenvalue weighted by molar-refractivity contribution is -0.128. The zero-order valence-corrected chi connectivity index (χ0v) is 17.6. The second-order valence-electron chi connectivity index (χ2n) is 7.02. The average Bonchev–Trinajstić information content (AvgIpc) is 3.20. The van der Waals surface area contributed by atoms with Crippen LogP contribution in [0.4, 0.5) is 4.39 Å². The van der Waals surface area contributed by atoms with Gasteiger partial charge in [-0.25, -0.2) is 12.8 Å². The van der Waals surface area contributed by atoms with Gasteiger partial charge in [0.2, 0.25) is 5.91 Å². The molecule has 152 valence electrons. The van der Waals surface area contributed by atoms with E-state index in [1.807, 2.05) is 6.92 Å². The number of hydrogen-bond acceptors (Lipinski definition) is 6. The number of nitrogens with zero attached hydrogens (tertiary/aromatic N) is 4. The summed E-state index contributed by atoms with van der Waals surface area (Å²) in [6.07, 6.45) is 0.551. The van der Waals surface area contributed by atoms with Crippen LogP contribution in [0.25, 0.3) is 0 Å². The number of thioether (sulfide) groups is 1. The summed E-state index contributed by atoms with van der Waals surface area (Å²) in [5, 5.41) is 8.84. The number of halogens is 1. The summed E-state index contributed by atoms with van der Waals surface area (Å²) in [6.45, 7) is 1.89. The van der Waals surface area contributed by atoms with E-state index in [-0.39, 0.29) is 40.9 Å². The van der Waals surface area contributed by atoms with E-state index in [1.54, 1.807) is 35.7 Å². The predicted molar refractivity (Wildman–Crippen MR) is 105 cm³/mol. The third-order valence-corrected chi connectivity index (χ3v) is 7.89. The molecule has 0 radical (unpaired) electrons. The number of carbonyl (C=O) groups excluding carboxylic acids is 1. The molecular formula is C18H23FN4O3S2. The number of amides is 1. The van der Waals surface area contributed by atoms with E-state index in [2.05, 4.69) is 10.2 Å². The Morgan fingerprint density at radius 3 is 2.64 bits per heavy atom. The molecule has 1 aliphatic heterocycles. The molecule has 2 heterocycles. The molecule has 28 heavy (non-hydrogen) atoms. The number of hydrogen-bond donors (Lipinski definition) is 0. The molecule has 2 aromatic rings. The molecule has 1 aromatic heterocycles. The van der Waals surface area contributed by atoms with E-state index in [4.69, 9.17) is 0 Å². The molecule has 1 amide bonds. The lowest BCUT2D eigenvalue weighted by Crippen LogP contribution is -2.31. The maximum absolute atomic E-state index is 13.1. The monoisotopic (exact) mass is 426 g/mol. The average molecular weight is 427 g/mol. The fourth-order valence-corrected chi connectivity index (χ4v) is 5.80. The SMILES string of the molecule is CC(c1ccc(F)cc1)N(C)C(=O)CSc1nnc(C2CCS(=O)(=O)C2)n1C. The topological polar surface area (TPSA) is 85.2 Å². The lowest BCUT2D eigenvalue weighted by atomic mass is 10.1. The van der Waals surface area contributed by atoms with Crippen LogP contribution >= 0.6 is 11.8 Å². The molecule has 0 saturated carbocycles. The Kier molecular flexibility index (Phi) is 6.09. The maximum Gasteiger partial charge on any atom is 0.233 e. The van der Waals surface area contributed by atoms with Gasteiger partial charge in [-0.2, -0.15) is 0 Å². The van der Waals surface area contributed by atoms with E-state index in [0.29, 0.717) is 17.4 Å². The summed E-state index contributed by atoms with van der Waals surface area (Å²) in [6, 6.07) is 5.91. The van der Waals surface area contributed by atoms with Gasteiger partial charge in [-0.1, -0.05) is 23.9 Å². The van der Waals surface area contributed by atoms with Crippen molar-refractivity contribution in [3.63, 3.8) is 0 Å². The van der Waals surface area contributed by atoms with Crippen LogP contribution in [0.3, 0.4) is 0 Å². The minimum Gasteiger partial charge on any atom is -0.338 e. The van der Waals surface area contributed by atoms with E-state index >= 15 is 0 Å². The first-order valence-corrected chi connectivity index (χ1v) is 11.7. The van der Waals surface area contributed by atoms with Crippen LogP contribution in [0.5, 0.6) is 0 Å². The molecule has 1 saturated heterocycles. The second-order valence-corrected chi connectivity index (χ2v) is 10.2. The summed E-state index contributed by atoms with van der Waals surface area (Å²) in [5.41, 5.74) is 0.852. The van der Waals surface area contributed by atoms with E-state index in [9.17, 15) is 17.6 Å². The minimum atomic E-state index is -3.00. The van der Waals surface area contributed by atoms with Gasteiger partial charge in [-0.3, -0.25) is 4.79 Å². The predicted octanol–water partition coefficient (Wildman–Crippen LogP) is 2.17. The summed E-state index contributed by atoms with van der Waals surface area (Å²) in [4.78, 5) is 14.2. The molecule has 0 N–H and O–H groups in total. The Morgan fingerprint density at radius 2 is 2.04 bits per heavy atom. The van der Waals surface area contributed by atoms with Gasteiger partial charge >= 0.3 is 0 Å². The zero-order chi connectivity index (χ0) is 20.5. The minimum absolute atomic E-state index is 0.0881. The third kappa shape index (κ3) is 4.54. The molecular weight excluding hydrogens is 403 g/mol. The lowest BCUT2D eigenvalue weighted by Gasteiger charge is -2.25. The number of benzene rings is 1. The smallest absolute Gasteiger partial charge is 0.233 e. The molecule has 0 bridgehead atoms. The highest BCUT2D eigenvalue weighted by atomic mass is 32.2. The van der Waals surface area contributed by atoms with Crippen LogP contribution in [-0.2, 0) is 21.7 Å². The van der Waals surface area contributed by atoms with Crippen molar-refractivity contribution in [1.29, 1.82) is 0 Å². The Morgan fingerprint density at radius 1 is 1.36 bits per heavy atom. The third-order valence-electron chi connectivity index (χ3n) is 5.12. The van der Waals surface area contributed by atoms with Gasteiger partial charge in [-0.05, 0) is 31.0 Å². The fourth-order valence-electron chi connectivity index (χ4n) is 3.22. The molecule has 2 unspecified atom stereocenters. The van der Waals surface area contributed by atoms with E-state index < -0.39 is 9.84 Å². The standard InChI is InChI=1S/C18H23FN4O3S2/c1-12(13-4-6-15(19)7-5-13)22(2)16(24)10-27-18-21-20-17(23(18)3)14-8-9-28(25,26)11-14/h4-7,12,14H,8-11H2,1-3H3. The van der Waals surface area contributed by atoms with Crippen LogP contribution in [-0.4, -0.2) is 58.3 Å². The number of sulfone groups is 1. The first-order valence-electron chi connectivity index (χ1n) is 8.91. The first-order chi connectivity index (χ1) is 13.2. The molecule has 0 aliphatic carbocycles. The van der Waals surface area contributed by atoms with Crippen LogP contribution in [0.15, 0.2) is 29.4 Å². The first kappa shape index (κ1) is 20.8. The highest BCUT2D eigenvalue weighted by Crippen LogP contribution is 2.29.